The van der Waals surface area contributed by atoms with Crippen LogP contribution in [0.15, 0.2) is 12.1 Å². The summed E-state index contributed by atoms with van der Waals surface area (Å²) in [5.74, 6) is -1.09. The van der Waals surface area contributed by atoms with Crippen LogP contribution < -0.4 is 10.5 Å². The largest absolute Gasteiger partial charge is 0.491 e. The highest BCUT2D eigenvalue weighted by Crippen LogP contribution is 2.29. The predicted octanol–water partition coefficient (Wildman–Crippen LogP) is 2.73. The lowest BCUT2D eigenvalue weighted by Crippen LogP contribution is -2.19. The molecule has 1 fully saturated rings. The van der Waals surface area contributed by atoms with Crippen molar-refractivity contribution in [2.45, 2.75) is 19.3 Å². The Morgan fingerprint density at radius 2 is 1.93 bits per heavy atom. The summed E-state index contributed by atoms with van der Waals surface area (Å²) in [5, 5.41) is 0. The number of nitrogens with two attached hydrogens (primary N) is 1. The van der Waals surface area contributed by atoms with Crippen molar-refractivity contribution in [1.29, 1.82) is 0 Å². The number of hydrogen-bond acceptors (Lipinski definition) is 2. The maximum atomic E-state index is 12.9. The van der Waals surface area contributed by atoms with Crippen LogP contribution in [0.1, 0.15) is 19.3 Å². The quantitative estimate of drug-likeness (QED) is 0.783. The summed E-state index contributed by atoms with van der Waals surface area (Å²) in [5.41, 5.74) is 5.65. The fourth-order valence-electron chi connectivity index (χ4n) is 1.54. The van der Waals surface area contributed by atoms with E-state index >= 15 is 0 Å². The standard InChI is InChI=1S/C11H13F2NO/c12-8-4-10(14)11(5-9(8)13)15-6-7-2-1-3-7/h4-5,7H,1-3,6,14H2. The molecule has 1 aromatic carbocycles. The topological polar surface area (TPSA) is 35.2 Å². The fourth-order valence-corrected chi connectivity index (χ4v) is 1.54. The van der Waals surface area contributed by atoms with Crippen LogP contribution in [0, 0.1) is 17.6 Å². The molecule has 0 spiro atoms. The van der Waals surface area contributed by atoms with Gasteiger partial charge in [-0.1, -0.05) is 6.42 Å². The number of halogens is 2. The number of benzene rings is 1. The van der Waals surface area contributed by atoms with E-state index in [0.717, 1.165) is 25.0 Å². The minimum absolute atomic E-state index is 0.147. The average molecular weight is 213 g/mol. The number of rotatable bonds is 3. The second-order valence-corrected chi connectivity index (χ2v) is 3.91. The van der Waals surface area contributed by atoms with E-state index in [1.807, 2.05) is 0 Å². The second-order valence-electron chi connectivity index (χ2n) is 3.91. The van der Waals surface area contributed by atoms with Crippen LogP contribution in [0.2, 0.25) is 0 Å². The molecule has 0 unspecified atom stereocenters. The highest BCUT2D eigenvalue weighted by atomic mass is 19.2. The molecule has 0 atom stereocenters. The van der Waals surface area contributed by atoms with Gasteiger partial charge in [0.25, 0.3) is 0 Å². The van der Waals surface area contributed by atoms with Gasteiger partial charge in [0.05, 0.1) is 12.3 Å². The molecule has 1 aliphatic carbocycles. The molecule has 0 aromatic heterocycles. The van der Waals surface area contributed by atoms with Crippen LogP contribution >= 0.6 is 0 Å². The summed E-state index contributed by atoms with van der Waals surface area (Å²) in [6.07, 6.45) is 3.51. The van der Waals surface area contributed by atoms with Gasteiger partial charge in [-0.2, -0.15) is 0 Å². The molecule has 82 valence electrons. The van der Waals surface area contributed by atoms with Crippen molar-refractivity contribution < 1.29 is 13.5 Å². The second kappa shape index (κ2) is 4.04. The van der Waals surface area contributed by atoms with Crippen molar-refractivity contribution in [2.75, 3.05) is 12.3 Å². The zero-order valence-corrected chi connectivity index (χ0v) is 8.30. The average Bonchev–Trinajstić information content (AvgIpc) is 2.11. The normalized spacial score (nSPS) is 16.1. The summed E-state index contributed by atoms with van der Waals surface area (Å²) in [6.45, 7) is 0.537. The third kappa shape index (κ3) is 2.19. The van der Waals surface area contributed by atoms with E-state index in [9.17, 15) is 8.78 Å². The zero-order valence-electron chi connectivity index (χ0n) is 8.30. The molecule has 0 radical (unpaired) electrons. The van der Waals surface area contributed by atoms with Gasteiger partial charge in [0.2, 0.25) is 0 Å². The Bertz CT molecular complexity index is 364. The molecule has 2 rings (SSSR count). The van der Waals surface area contributed by atoms with E-state index in [-0.39, 0.29) is 11.4 Å². The Morgan fingerprint density at radius 1 is 1.27 bits per heavy atom. The number of anilines is 1. The van der Waals surface area contributed by atoms with Crippen molar-refractivity contribution in [3.05, 3.63) is 23.8 Å². The van der Waals surface area contributed by atoms with Gasteiger partial charge in [0, 0.05) is 12.1 Å². The number of hydrogen-bond donors (Lipinski definition) is 1. The first-order valence-corrected chi connectivity index (χ1v) is 5.04. The molecule has 4 heteroatoms. The third-order valence-electron chi connectivity index (χ3n) is 2.75. The summed E-state index contributed by atoms with van der Waals surface area (Å²) >= 11 is 0. The van der Waals surface area contributed by atoms with Crippen molar-refractivity contribution >= 4 is 5.69 Å². The fraction of sp³-hybridized carbons (Fsp3) is 0.455. The molecule has 2 nitrogen and oxygen atoms in total. The van der Waals surface area contributed by atoms with Gasteiger partial charge in [-0.25, -0.2) is 8.78 Å². The van der Waals surface area contributed by atoms with Gasteiger partial charge in [0.1, 0.15) is 5.75 Å². The van der Waals surface area contributed by atoms with E-state index in [2.05, 4.69) is 0 Å². The van der Waals surface area contributed by atoms with E-state index in [1.54, 1.807) is 0 Å². The van der Waals surface area contributed by atoms with Crippen LogP contribution in [0.3, 0.4) is 0 Å². The van der Waals surface area contributed by atoms with Crippen LogP contribution in [0.4, 0.5) is 14.5 Å². The summed E-state index contributed by atoms with van der Waals surface area (Å²) in [6, 6.07) is 1.95. The lowest BCUT2D eigenvalue weighted by molar-refractivity contribution is 0.180. The van der Waals surface area contributed by atoms with Gasteiger partial charge in [-0.15, -0.1) is 0 Å². The number of ether oxygens (including phenoxy) is 1. The SMILES string of the molecule is Nc1cc(F)c(F)cc1OCC1CCC1. The van der Waals surface area contributed by atoms with Gasteiger partial charge >= 0.3 is 0 Å². The highest BCUT2D eigenvalue weighted by molar-refractivity contribution is 5.52. The zero-order chi connectivity index (χ0) is 10.8. The van der Waals surface area contributed by atoms with Crippen molar-refractivity contribution in [2.24, 2.45) is 5.92 Å². The van der Waals surface area contributed by atoms with Crippen LogP contribution in [0.25, 0.3) is 0 Å². The third-order valence-corrected chi connectivity index (χ3v) is 2.75. The Morgan fingerprint density at radius 3 is 2.53 bits per heavy atom. The molecular formula is C11H13F2NO. The molecule has 1 aromatic rings. The monoisotopic (exact) mass is 213 g/mol. The summed E-state index contributed by atoms with van der Waals surface area (Å²) in [7, 11) is 0. The summed E-state index contributed by atoms with van der Waals surface area (Å²) in [4.78, 5) is 0. The van der Waals surface area contributed by atoms with Crippen LogP contribution in [-0.2, 0) is 0 Å². The maximum Gasteiger partial charge on any atom is 0.162 e. The molecule has 0 heterocycles. The first kappa shape index (κ1) is 10.2. The molecule has 1 aliphatic rings. The van der Waals surface area contributed by atoms with Crippen LogP contribution in [0.5, 0.6) is 5.75 Å². The molecule has 1 saturated carbocycles. The van der Waals surface area contributed by atoms with Crippen molar-refractivity contribution in [3.8, 4) is 5.75 Å². The van der Waals surface area contributed by atoms with E-state index < -0.39 is 11.6 Å². The van der Waals surface area contributed by atoms with E-state index in [1.165, 1.54) is 6.42 Å². The lowest BCUT2D eigenvalue weighted by atomic mass is 9.86. The Labute approximate surface area is 87.0 Å². The van der Waals surface area contributed by atoms with Gasteiger partial charge in [-0.05, 0) is 18.8 Å². The molecule has 2 N–H and O–H groups in total. The maximum absolute atomic E-state index is 12.9. The van der Waals surface area contributed by atoms with Gasteiger partial charge in [-0.3, -0.25) is 0 Å². The number of nitrogen functional groups attached to an aromatic ring is 1. The molecule has 0 aliphatic heterocycles. The first-order chi connectivity index (χ1) is 7.16. The lowest BCUT2D eigenvalue weighted by Gasteiger charge is -2.25. The van der Waals surface area contributed by atoms with E-state index in [4.69, 9.17) is 10.5 Å². The van der Waals surface area contributed by atoms with E-state index in [0.29, 0.717) is 12.5 Å². The van der Waals surface area contributed by atoms with Crippen molar-refractivity contribution in [1.82, 2.24) is 0 Å². The summed E-state index contributed by atoms with van der Waals surface area (Å²) < 4.78 is 30.9. The molecule has 0 bridgehead atoms. The minimum atomic E-state index is -0.941. The molecular weight excluding hydrogens is 200 g/mol. The van der Waals surface area contributed by atoms with Crippen LogP contribution in [-0.4, -0.2) is 6.61 Å². The first-order valence-electron chi connectivity index (χ1n) is 5.04. The molecule has 0 amide bonds. The van der Waals surface area contributed by atoms with Gasteiger partial charge in [0.15, 0.2) is 11.6 Å². The molecule has 0 saturated heterocycles. The van der Waals surface area contributed by atoms with Crippen molar-refractivity contribution in [3.63, 3.8) is 0 Å². The predicted molar refractivity (Wildman–Crippen MR) is 53.6 cm³/mol. The Hall–Kier alpha value is -1.32. The Balaban J connectivity index is 2.03. The Kier molecular flexibility index (Phi) is 2.75. The minimum Gasteiger partial charge on any atom is -0.491 e. The highest BCUT2D eigenvalue weighted by Gasteiger charge is 2.18. The molecule has 15 heavy (non-hydrogen) atoms. The van der Waals surface area contributed by atoms with Gasteiger partial charge < -0.3 is 10.5 Å². The smallest absolute Gasteiger partial charge is 0.162 e.